The summed E-state index contributed by atoms with van der Waals surface area (Å²) in [5.41, 5.74) is 0. The first-order chi connectivity index (χ1) is 9.52. The van der Waals surface area contributed by atoms with Gasteiger partial charge in [-0.15, -0.1) is 11.3 Å². The molecule has 0 aliphatic carbocycles. The molecule has 1 atom stereocenters. The number of hydrogen-bond acceptors (Lipinski definition) is 5. The molecule has 2 aromatic rings. The molecule has 4 nitrogen and oxygen atoms in total. The Kier molecular flexibility index (Phi) is 4.95. The molecule has 0 radical (unpaired) electrons. The molecule has 0 aliphatic heterocycles. The molecule has 2 aromatic heterocycles. The molecule has 108 valence electrons. The van der Waals surface area contributed by atoms with E-state index in [1.54, 1.807) is 12.3 Å². The molecule has 5 heteroatoms. The zero-order chi connectivity index (χ0) is 14.5. The zero-order valence-corrected chi connectivity index (χ0v) is 13.2. The molecule has 0 saturated heterocycles. The van der Waals surface area contributed by atoms with E-state index in [-0.39, 0.29) is 12.1 Å². The van der Waals surface area contributed by atoms with Crippen LogP contribution >= 0.6 is 11.3 Å². The number of nitrogens with one attached hydrogen (secondary N) is 1. The van der Waals surface area contributed by atoms with Gasteiger partial charge in [-0.25, -0.2) is 4.98 Å². The predicted octanol–water partition coefficient (Wildman–Crippen LogP) is 3.68. The maximum atomic E-state index is 5.57. The average molecular weight is 291 g/mol. The Hall–Kier alpha value is -1.62. The van der Waals surface area contributed by atoms with E-state index in [1.165, 1.54) is 9.75 Å². The van der Waals surface area contributed by atoms with Crippen molar-refractivity contribution in [3.05, 3.63) is 34.2 Å². The fourth-order valence-corrected chi connectivity index (χ4v) is 2.91. The summed E-state index contributed by atoms with van der Waals surface area (Å²) in [6, 6.07) is 6.39. The summed E-state index contributed by atoms with van der Waals surface area (Å²) >= 11 is 1.83. The summed E-state index contributed by atoms with van der Waals surface area (Å²) in [4.78, 5) is 11.3. The van der Waals surface area contributed by atoms with Crippen LogP contribution in [0, 0.1) is 6.92 Å². The summed E-state index contributed by atoms with van der Waals surface area (Å²) in [5, 5.41) is 3.32. The highest BCUT2D eigenvalue weighted by Gasteiger charge is 2.08. The summed E-state index contributed by atoms with van der Waals surface area (Å²) in [7, 11) is 0. The fraction of sp³-hybridized carbons (Fsp3) is 0.467. The highest BCUT2D eigenvalue weighted by Crippen LogP contribution is 2.18. The molecule has 2 rings (SSSR count). The lowest BCUT2D eigenvalue weighted by Gasteiger charge is -2.14. The highest BCUT2D eigenvalue weighted by molar-refractivity contribution is 7.11. The first kappa shape index (κ1) is 14.8. The molecule has 1 N–H and O–H groups in total. The minimum atomic E-state index is 0.115. The molecule has 1 unspecified atom stereocenters. The van der Waals surface area contributed by atoms with Crippen LogP contribution in [0.15, 0.2) is 24.4 Å². The van der Waals surface area contributed by atoms with Gasteiger partial charge in [-0.3, -0.25) is 0 Å². The van der Waals surface area contributed by atoms with Gasteiger partial charge in [0.05, 0.1) is 6.10 Å². The summed E-state index contributed by atoms with van der Waals surface area (Å²) < 4.78 is 5.57. The van der Waals surface area contributed by atoms with Crippen molar-refractivity contribution < 1.29 is 4.74 Å². The monoisotopic (exact) mass is 291 g/mol. The highest BCUT2D eigenvalue weighted by atomic mass is 32.1. The number of aryl methyl sites for hydroxylation is 1. The summed E-state index contributed by atoms with van der Waals surface area (Å²) in [5.74, 6) is 1.22. The molecular formula is C15H21N3OS. The Bertz CT molecular complexity index is 554. The van der Waals surface area contributed by atoms with Crippen LogP contribution in [0.2, 0.25) is 0 Å². The van der Waals surface area contributed by atoms with E-state index >= 15 is 0 Å². The van der Waals surface area contributed by atoms with Gasteiger partial charge in [0.2, 0.25) is 11.8 Å². The van der Waals surface area contributed by atoms with Gasteiger partial charge in [-0.2, -0.15) is 4.98 Å². The predicted molar refractivity (Wildman–Crippen MR) is 83.6 cm³/mol. The van der Waals surface area contributed by atoms with Gasteiger partial charge in [-0.1, -0.05) is 0 Å². The Morgan fingerprint density at radius 2 is 2.05 bits per heavy atom. The van der Waals surface area contributed by atoms with Crippen LogP contribution in [0.4, 0.5) is 5.95 Å². The number of thiophene rings is 1. The third-order valence-corrected chi connectivity index (χ3v) is 3.69. The van der Waals surface area contributed by atoms with E-state index in [0.29, 0.717) is 11.8 Å². The SMILES string of the molecule is Cc1ccc(CC(C)Nc2nccc(OC(C)C)n2)s1. The van der Waals surface area contributed by atoms with E-state index in [2.05, 4.69) is 41.3 Å². The lowest BCUT2D eigenvalue weighted by atomic mass is 10.2. The molecule has 0 aliphatic rings. The first-order valence-electron chi connectivity index (χ1n) is 6.84. The second kappa shape index (κ2) is 6.70. The second-order valence-corrected chi connectivity index (χ2v) is 6.52. The van der Waals surface area contributed by atoms with Gasteiger partial charge in [0.1, 0.15) is 0 Å². The van der Waals surface area contributed by atoms with Crippen molar-refractivity contribution in [1.29, 1.82) is 0 Å². The molecule has 0 bridgehead atoms. The zero-order valence-electron chi connectivity index (χ0n) is 12.4. The molecule has 0 fully saturated rings. The van der Waals surface area contributed by atoms with Crippen LogP contribution in [0.5, 0.6) is 5.88 Å². The minimum Gasteiger partial charge on any atom is -0.475 e. The second-order valence-electron chi connectivity index (χ2n) is 5.15. The maximum absolute atomic E-state index is 5.57. The van der Waals surface area contributed by atoms with Crippen molar-refractivity contribution in [1.82, 2.24) is 9.97 Å². The van der Waals surface area contributed by atoms with E-state index in [9.17, 15) is 0 Å². The van der Waals surface area contributed by atoms with E-state index in [1.807, 2.05) is 25.2 Å². The molecule has 0 saturated carbocycles. The fourth-order valence-electron chi connectivity index (χ4n) is 1.89. The van der Waals surface area contributed by atoms with Gasteiger partial charge >= 0.3 is 0 Å². The Labute approximate surface area is 124 Å². The van der Waals surface area contributed by atoms with Crippen molar-refractivity contribution in [3.8, 4) is 5.88 Å². The van der Waals surface area contributed by atoms with Crippen LogP contribution in [0.25, 0.3) is 0 Å². The van der Waals surface area contributed by atoms with Crippen molar-refractivity contribution in [2.24, 2.45) is 0 Å². The number of hydrogen-bond donors (Lipinski definition) is 1. The summed E-state index contributed by atoms with van der Waals surface area (Å²) in [6.45, 7) is 8.23. The van der Waals surface area contributed by atoms with Crippen molar-refractivity contribution in [3.63, 3.8) is 0 Å². The lowest BCUT2D eigenvalue weighted by Crippen LogP contribution is -2.19. The van der Waals surface area contributed by atoms with E-state index < -0.39 is 0 Å². The molecular weight excluding hydrogens is 270 g/mol. The van der Waals surface area contributed by atoms with Gasteiger partial charge in [0.15, 0.2) is 0 Å². The van der Waals surface area contributed by atoms with Crippen molar-refractivity contribution in [2.75, 3.05) is 5.32 Å². The molecule has 20 heavy (non-hydrogen) atoms. The van der Waals surface area contributed by atoms with Gasteiger partial charge < -0.3 is 10.1 Å². The smallest absolute Gasteiger partial charge is 0.226 e. The molecule has 0 aromatic carbocycles. The molecule has 2 heterocycles. The molecule has 0 spiro atoms. The van der Waals surface area contributed by atoms with Gasteiger partial charge in [-0.05, 0) is 39.8 Å². The Morgan fingerprint density at radius 3 is 2.70 bits per heavy atom. The van der Waals surface area contributed by atoms with Crippen molar-refractivity contribution in [2.45, 2.75) is 46.3 Å². The van der Waals surface area contributed by atoms with E-state index in [4.69, 9.17) is 4.74 Å². The normalized spacial score (nSPS) is 12.4. The van der Waals surface area contributed by atoms with Gasteiger partial charge in [0.25, 0.3) is 0 Å². The Balaban J connectivity index is 1.95. The topological polar surface area (TPSA) is 47.0 Å². The largest absolute Gasteiger partial charge is 0.475 e. The van der Waals surface area contributed by atoms with Crippen LogP contribution in [0.3, 0.4) is 0 Å². The number of rotatable bonds is 6. The van der Waals surface area contributed by atoms with E-state index in [0.717, 1.165) is 6.42 Å². The lowest BCUT2D eigenvalue weighted by molar-refractivity contribution is 0.232. The maximum Gasteiger partial charge on any atom is 0.226 e. The number of nitrogens with zero attached hydrogens (tertiary/aromatic N) is 2. The first-order valence-corrected chi connectivity index (χ1v) is 7.66. The quantitative estimate of drug-likeness (QED) is 0.882. The third-order valence-electron chi connectivity index (χ3n) is 2.67. The van der Waals surface area contributed by atoms with Crippen LogP contribution in [-0.2, 0) is 6.42 Å². The summed E-state index contributed by atoms with van der Waals surface area (Å²) in [6.07, 6.45) is 2.80. The van der Waals surface area contributed by atoms with Crippen LogP contribution < -0.4 is 10.1 Å². The van der Waals surface area contributed by atoms with Crippen molar-refractivity contribution >= 4 is 17.3 Å². The average Bonchev–Trinajstić information content (AvgIpc) is 2.74. The third kappa shape index (κ3) is 4.49. The van der Waals surface area contributed by atoms with Crippen LogP contribution in [0.1, 0.15) is 30.5 Å². The minimum absolute atomic E-state index is 0.115. The van der Waals surface area contributed by atoms with Gasteiger partial charge in [0, 0.05) is 34.5 Å². The Morgan fingerprint density at radius 1 is 1.25 bits per heavy atom. The molecule has 0 amide bonds. The number of ether oxygens (including phenoxy) is 1. The van der Waals surface area contributed by atoms with Crippen LogP contribution in [-0.4, -0.2) is 22.1 Å². The number of anilines is 1. The standard InChI is InChI=1S/C15H21N3OS/c1-10(2)19-14-7-8-16-15(18-14)17-11(3)9-13-6-5-12(4)20-13/h5-8,10-11H,9H2,1-4H3,(H,16,17,18). The number of aromatic nitrogens is 2.